The number of amides is 1. The molecule has 0 saturated heterocycles. The number of rotatable bonds is 6. The monoisotopic (exact) mass is 247 g/mol. The van der Waals surface area contributed by atoms with Gasteiger partial charge in [0.15, 0.2) is 0 Å². The summed E-state index contributed by atoms with van der Waals surface area (Å²) in [6.07, 6.45) is 3.56. The van der Waals surface area contributed by atoms with Gasteiger partial charge in [-0.3, -0.25) is 4.79 Å². The maximum atomic E-state index is 11.8. The highest BCUT2D eigenvalue weighted by Crippen LogP contribution is 2.17. The van der Waals surface area contributed by atoms with Gasteiger partial charge < -0.3 is 5.32 Å². The van der Waals surface area contributed by atoms with Gasteiger partial charge in [0, 0.05) is 12.1 Å². The van der Waals surface area contributed by atoms with Gasteiger partial charge in [-0.1, -0.05) is 33.8 Å². The molecule has 1 aromatic rings. The van der Waals surface area contributed by atoms with Gasteiger partial charge in [0.2, 0.25) is 5.91 Å². The first-order valence-electron chi connectivity index (χ1n) is 6.97. The van der Waals surface area contributed by atoms with Gasteiger partial charge in [-0.15, -0.1) is 0 Å². The molecular weight excluding hydrogens is 222 g/mol. The van der Waals surface area contributed by atoms with E-state index in [0.29, 0.717) is 12.3 Å². The maximum absolute atomic E-state index is 11.8. The number of carbonyl (C=O) groups excluding carboxylic acids is 1. The molecule has 0 aliphatic heterocycles. The van der Waals surface area contributed by atoms with Crippen LogP contribution in [0.1, 0.15) is 51.7 Å². The van der Waals surface area contributed by atoms with Crippen LogP contribution < -0.4 is 5.32 Å². The van der Waals surface area contributed by atoms with Crippen LogP contribution in [-0.2, 0) is 17.6 Å². The first kappa shape index (κ1) is 14.7. The standard InChI is InChI=1S/C16H25NO/c1-5-13-9-14(6-2)11-15(10-13)17-16(18)8-7-12(3)4/h9-12H,5-8H2,1-4H3,(H,17,18). The second-order valence-corrected chi connectivity index (χ2v) is 5.23. The van der Waals surface area contributed by atoms with E-state index in [1.54, 1.807) is 0 Å². The van der Waals surface area contributed by atoms with Crippen molar-refractivity contribution in [1.82, 2.24) is 0 Å². The summed E-state index contributed by atoms with van der Waals surface area (Å²) in [6.45, 7) is 8.55. The Bertz CT molecular complexity index is 374. The highest BCUT2D eigenvalue weighted by Gasteiger charge is 2.05. The van der Waals surface area contributed by atoms with Crippen molar-refractivity contribution in [3.8, 4) is 0 Å². The molecule has 0 aromatic heterocycles. The third kappa shape index (κ3) is 4.91. The van der Waals surface area contributed by atoms with E-state index in [0.717, 1.165) is 24.9 Å². The second-order valence-electron chi connectivity index (χ2n) is 5.23. The van der Waals surface area contributed by atoms with Crippen molar-refractivity contribution in [3.63, 3.8) is 0 Å². The van der Waals surface area contributed by atoms with Crippen LogP contribution in [-0.4, -0.2) is 5.91 Å². The first-order chi connectivity index (χ1) is 8.55. The molecule has 1 amide bonds. The summed E-state index contributed by atoms with van der Waals surface area (Å²) < 4.78 is 0. The number of benzene rings is 1. The molecule has 100 valence electrons. The molecule has 0 aliphatic rings. The van der Waals surface area contributed by atoms with Crippen molar-refractivity contribution < 1.29 is 4.79 Å². The van der Waals surface area contributed by atoms with Crippen LogP contribution in [0.3, 0.4) is 0 Å². The Morgan fingerprint density at radius 3 is 2.11 bits per heavy atom. The van der Waals surface area contributed by atoms with Gasteiger partial charge >= 0.3 is 0 Å². The molecule has 0 bridgehead atoms. The largest absolute Gasteiger partial charge is 0.326 e. The lowest BCUT2D eigenvalue weighted by Gasteiger charge is -2.10. The predicted octanol–water partition coefficient (Wildman–Crippen LogP) is 4.19. The van der Waals surface area contributed by atoms with Gasteiger partial charge in [-0.2, -0.15) is 0 Å². The predicted molar refractivity (Wildman–Crippen MR) is 77.9 cm³/mol. The molecule has 0 aliphatic carbocycles. The quantitative estimate of drug-likeness (QED) is 0.802. The summed E-state index contributed by atoms with van der Waals surface area (Å²) in [5, 5.41) is 3.01. The van der Waals surface area contributed by atoms with E-state index >= 15 is 0 Å². The number of nitrogens with one attached hydrogen (secondary N) is 1. The Morgan fingerprint density at radius 2 is 1.67 bits per heavy atom. The average molecular weight is 247 g/mol. The van der Waals surface area contributed by atoms with Crippen molar-refractivity contribution in [1.29, 1.82) is 0 Å². The Hall–Kier alpha value is -1.31. The van der Waals surface area contributed by atoms with Gasteiger partial charge in [-0.25, -0.2) is 0 Å². The van der Waals surface area contributed by atoms with Crippen molar-refractivity contribution in [2.75, 3.05) is 5.32 Å². The smallest absolute Gasteiger partial charge is 0.224 e. The Labute approximate surface area is 111 Å². The van der Waals surface area contributed by atoms with Crippen LogP contribution in [0.4, 0.5) is 5.69 Å². The highest BCUT2D eigenvalue weighted by atomic mass is 16.1. The second kappa shape index (κ2) is 7.20. The molecule has 0 saturated carbocycles. The number of carbonyl (C=O) groups is 1. The molecule has 1 N–H and O–H groups in total. The average Bonchev–Trinajstić information content (AvgIpc) is 2.35. The van der Waals surface area contributed by atoms with E-state index in [9.17, 15) is 4.79 Å². The summed E-state index contributed by atoms with van der Waals surface area (Å²) in [7, 11) is 0. The number of hydrogen-bond donors (Lipinski definition) is 1. The van der Waals surface area contributed by atoms with Gasteiger partial charge in [0.25, 0.3) is 0 Å². The third-order valence-corrected chi connectivity index (χ3v) is 3.10. The minimum atomic E-state index is 0.124. The van der Waals surface area contributed by atoms with E-state index in [4.69, 9.17) is 0 Å². The van der Waals surface area contributed by atoms with E-state index in [1.165, 1.54) is 11.1 Å². The van der Waals surface area contributed by atoms with Crippen LogP contribution in [0.15, 0.2) is 18.2 Å². The Kier molecular flexibility index (Phi) is 5.90. The summed E-state index contributed by atoms with van der Waals surface area (Å²) in [5.41, 5.74) is 3.52. The van der Waals surface area contributed by atoms with Crippen molar-refractivity contribution in [3.05, 3.63) is 29.3 Å². The van der Waals surface area contributed by atoms with Gasteiger partial charge in [-0.05, 0) is 48.4 Å². The van der Waals surface area contributed by atoms with E-state index in [2.05, 4.69) is 51.2 Å². The molecule has 0 heterocycles. The third-order valence-electron chi connectivity index (χ3n) is 3.10. The van der Waals surface area contributed by atoms with Gasteiger partial charge in [0.1, 0.15) is 0 Å². The molecule has 1 aromatic carbocycles. The summed E-state index contributed by atoms with van der Waals surface area (Å²) in [4.78, 5) is 11.8. The maximum Gasteiger partial charge on any atom is 0.224 e. The molecule has 18 heavy (non-hydrogen) atoms. The van der Waals surface area contributed by atoms with Crippen LogP contribution in [0.2, 0.25) is 0 Å². The number of hydrogen-bond acceptors (Lipinski definition) is 1. The highest BCUT2D eigenvalue weighted by molar-refractivity contribution is 5.90. The fourth-order valence-corrected chi connectivity index (χ4v) is 1.89. The van der Waals surface area contributed by atoms with Crippen molar-refractivity contribution >= 4 is 11.6 Å². The van der Waals surface area contributed by atoms with E-state index in [-0.39, 0.29) is 5.91 Å². The van der Waals surface area contributed by atoms with Crippen LogP contribution in [0.5, 0.6) is 0 Å². The molecule has 0 fully saturated rings. The molecule has 2 nitrogen and oxygen atoms in total. The van der Waals surface area contributed by atoms with E-state index < -0.39 is 0 Å². The molecule has 0 unspecified atom stereocenters. The lowest BCUT2D eigenvalue weighted by Crippen LogP contribution is -2.12. The lowest BCUT2D eigenvalue weighted by atomic mass is 10.0. The summed E-state index contributed by atoms with van der Waals surface area (Å²) in [6, 6.07) is 6.36. The van der Waals surface area contributed by atoms with Crippen LogP contribution in [0.25, 0.3) is 0 Å². The topological polar surface area (TPSA) is 29.1 Å². The first-order valence-corrected chi connectivity index (χ1v) is 6.97. The van der Waals surface area contributed by atoms with Crippen LogP contribution >= 0.6 is 0 Å². The molecule has 0 radical (unpaired) electrons. The molecule has 0 spiro atoms. The minimum Gasteiger partial charge on any atom is -0.326 e. The normalized spacial score (nSPS) is 10.7. The fourth-order valence-electron chi connectivity index (χ4n) is 1.89. The zero-order valence-electron chi connectivity index (χ0n) is 12.0. The lowest BCUT2D eigenvalue weighted by molar-refractivity contribution is -0.116. The minimum absolute atomic E-state index is 0.124. The number of aryl methyl sites for hydroxylation is 2. The Morgan fingerprint density at radius 1 is 1.11 bits per heavy atom. The summed E-state index contributed by atoms with van der Waals surface area (Å²) in [5.74, 6) is 0.697. The number of anilines is 1. The fraction of sp³-hybridized carbons (Fsp3) is 0.562. The SMILES string of the molecule is CCc1cc(CC)cc(NC(=O)CCC(C)C)c1. The van der Waals surface area contributed by atoms with Crippen molar-refractivity contribution in [2.45, 2.75) is 53.4 Å². The molecular formula is C16H25NO. The zero-order chi connectivity index (χ0) is 13.5. The Balaban J connectivity index is 2.68. The van der Waals surface area contributed by atoms with Crippen molar-refractivity contribution in [2.24, 2.45) is 5.92 Å². The van der Waals surface area contributed by atoms with E-state index in [1.807, 2.05) is 0 Å². The van der Waals surface area contributed by atoms with Crippen LogP contribution in [0, 0.1) is 5.92 Å². The molecule has 0 atom stereocenters. The molecule has 1 rings (SSSR count). The zero-order valence-corrected chi connectivity index (χ0v) is 12.0. The van der Waals surface area contributed by atoms with Gasteiger partial charge in [0.05, 0.1) is 0 Å². The molecule has 2 heteroatoms. The summed E-state index contributed by atoms with van der Waals surface area (Å²) >= 11 is 0.